The number of nitrogens with zero attached hydrogens (tertiary/aromatic N) is 2. The molecule has 228 valence electrons. The van der Waals surface area contributed by atoms with E-state index in [0.29, 0.717) is 6.54 Å². The molecule has 0 unspecified atom stereocenters. The minimum atomic E-state index is -4.55. The van der Waals surface area contributed by atoms with Gasteiger partial charge in [-0.05, 0) is 78.7 Å². The molecular weight excluding hydrogens is 604 g/mol. The highest BCUT2D eigenvalue weighted by atomic mass is 32.2. The standard InChI is InChI=1S/C34H32F3N3O2S2/c1-22-10-13-25-8-6-18-38-30(25)31(22)44-40(21-28-16-17-29(42-28)34(35,36)37)20-23-11-14-24(15-12-23)26-7-5-9-27(19-26)33(2,3)32(41)39-43-4/h5-19H,20-21H2,1-4H3,(H,39,41). The largest absolute Gasteiger partial charge is 0.455 e. The monoisotopic (exact) mass is 635 g/mol. The number of fused-ring (bicyclic) bond motifs is 1. The lowest BCUT2D eigenvalue weighted by Crippen LogP contribution is -2.36. The fourth-order valence-corrected chi connectivity index (χ4v) is 6.39. The second kappa shape index (κ2) is 13.1. The van der Waals surface area contributed by atoms with Crippen molar-refractivity contribution in [3.05, 3.63) is 119 Å². The number of halogens is 3. The van der Waals surface area contributed by atoms with Gasteiger partial charge < -0.3 is 4.42 Å². The topological polar surface area (TPSA) is 58.4 Å². The van der Waals surface area contributed by atoms with Crippen LogP contribution in [-0.4, -0.2) is 21.5 Å². The van der Waals surface area contributed by atoms with E-state index in [1.165, 1.54) is 30.0 Å². The maximum atomic E-state index is 13.3. The zero-order chi connectivity index (χ0) is 31.5. The number of benzene rings is 3. The summed E-state index contributed by atoms with van der Waals surface area (Å²) in [7, 11) is 0. The van der Waals surface area contributed by atoms with E-state index in [4.69, 9.17) is 4.42 Å². The molecule has 1 N–H and O–H groups in total. The van der Waals surface area contributed by atoms with Gasteiger partial charge in [-0.1, -0.05) is 78.7 Å². The number of amides is 1. The summed E-state index contributed by atoms with van der Waals surface area (Å²) >= 11 is 2.73. The van der Waals surface area contributed by atoms with Crippen molar-refractivity contribution in [2.24, 2.45) is 0 Å². The van der Waals surface area contributed by atoms with E-state index in [2.05, 4.69) is 9.71 Å². The summed E-state index contributed by atoms with van der Waals surface area (Å²) in [6.07, 6.45) is -0.990. The van der Waals surface area contributed by atoms with Gasteiger partial charge in [0.05, 0.1) is 22.4 Å². The summed E-state index contributed by atoms with van der Waals surface area (Å²) in [6.45, 7) is 6.39. The molecule has 0 radical (unpaired) electrons. The third kappa shape index (κ3) is 7.14. The fraction of sp³-hybridized carbons (Fsp3) is 0.235. The molecule has 2 aromatic heterocycles. The first-order chi connectivity index (χ1) is 21.0. The Bertz CT molecular complexity index is 1770. The van der Waals surface area contributed by atoms with Crippen molar-refractivity contribution < 1.29 is 22.4 Å². The molecule has 5 rings (SSSR count). The van der Waals surface area contributed by atoms with Gasteiger partial charge in [-0.15, -0.1) is 0 Å². The van der Waals surface area contributed by atoms with Gasteiger partial charge in [0.2, 0.25) is 11.7 Å². The molecule has 5 aromatic rings. The molecule has 3 aromatic carbocycles. The summed E-state index contributed by atoms with van der Waals surface area (Å²) in [5.74, 6) is -0.857. The van der Waals surface area contributed by atoms with Crippen LogP contribution in [-0.2, 0) is 29.5 Å². The van der Waals surface area contributed by atoms with Gasteiger partial charge >= 0.3 is 6.18 Å². The van der Waals surface area contributed by atoms with Crippen molar-refractivity contribution in [1.29, 1.82) is 0 Å². The van der Waals surface area contributed by atoms with Gasteiger partial charge in [-0.3, -0.25) is 14.5 Å². The predicted molar refractivity (Wildman–Crippen MR) is 172 cm³/mol. The summed E-state index contributed by atoms with van der Waals surface area (Å²) in [5, 5.41) is 0.985. The Morgan fingerprint density at radius 1 is 0.932 bits per heavy atom. The molecule has 0 bridgehead atoms. The van der Waals surface area contributed by atoms with Crippen LogP contribution in [0.15, 0.2) is 100 Å². The SMILES string of the molecule is CSNC(=O)C(C)(C)c1cccc(-c2ccc(CN(Cc3ccc(C(F)(F)F)o3)Sc3c(C)ccc4cccnc34)cc2)c1. The van der Waals surface area contributed by atoms with Crippen molar-refractivity contribution in [3.63, 3.8) is 0 Å². The third-order valence-electron chi connectivity index (χ3n) is 7.41. The molecule has 10 heteroatoms. The lowest BCUT2D eigenvalue weighted by molar-refractivity contribution is -0.153. The van der Waals surface area contributed by atoms with E-state index >= 15 is 0 Å². The molecular formula is C34H32F3N3O2S2. The quantitative estimate of drug-likeness (QED) is 0.155. The first kappa shape index (κ1) is 31.7. The Morgan fingerprint density at radius 3 is 2.41 bits per heavy atom. The molecule has 0 aliphatic carbocycles. The first-order valence-corrected chi connectivity index (χ1v) is 15.9. The Hall–Kier alpha value is -3.73. The lowest BCUT2D eigenvalue weighted by Gasteiger charge is -2.24. The highest BCUT2D eigenvalue weighted by molar-refractivity contribution is 7.97. The Morgan fingerprint density at radius 2 is 1.70 bits per heavy atom. The summed E-state index contributed by atoms with van der Waals surface area (Å²) < 4.78 is 49.8. The highest BCUT2D eigenvalue weighted by Gasteiger charge is 2.35. The molecule has 0 saturated carbocycles. The maximum absolute atomic E-state index is 13.3. The molecule has 0 atom stereocenters. The van der Waals surface area contributed by atoms with Crippen molar-refractivity contribution in [2.45, 2.75) is 50.3 Å². The van der Waals surface area contributed by atoms with Crippen LogP contribution in [0.5, 0.6) is 0 Å². The Balaban J connectivity index is 1.42. The number of carbonyl (C=O) groups is 1. The number of rotatable bonds is 10. The van der Waals surface area contributed by atoms with Gasteiger partial charge in [-0.2, -0.15) is 13.2 Å². The first-order valence-electron chi connectivity index (χ1n) is 13.9. The van der Waals surface area contributed by atoms with Crippen molar-refractivity contribution >= 4 is 40.7 Å². The van der Waals surface area contributed by atoms with Gasteiger partial charge in [0, 0.05) is 24.4 Å². The average molecular weight is 636 g/mol. The molecule has 0 saturated heterocycles. The van der Waals surface area contributed by atoms with Crippen molar-refractivity contribution in [3.8, 4) is 11.1 Å². The summed E-state index contributed by atoms with van der Waals surface area (Å²) in [4.78, 5) is 18.2. The zero-order valence-corrected chi connectivity index (χ0v) is 26.4. The number of aryl methyl sites for hydroxylation is 1. The minimum Gasteiger partial charge on any atom is -0.455 e. The molecule has 0 aliphatic rings. The third-order valence-corrected chi connectivity index (χ3v) is 9.02. The number of pyridine rings is 1. The molecule has 0 aliphatic heterocycles. The van der Waals surface area contributed by atoms with Crippen LogP contribution in [0.25, 0.3) is 22.0 Å². The number of furan rings is 1. The van der Waals surface area contributed by atoms with Gasteiger partial charge in [0.15, 0.2) is 0 Å². The van der Waals surface area contributed by atoms with Gasteiger partial charge in [0.1, 0.15) is 5.76 Å². The Labute approximate surface area is 263 Å². The van der Waals surface area contributed by atoms with Crippen LogP contribution in [0.3, 0.4) is 0 Å². The van der Waals surface area contributed by atoms with Crippen LogP contribution in [0, 0.1) is 6.92 Å². The number of hydrogen-bond acceptors (Lipinski definition) is 6. The molecule has 0 fully saturated rings. The van der Waals surface area contributed by atoms with Crippen LogP contribution >= 0.6 is 23.9 Å². The zero-order valence-electron chi connectivity index (χ0n) is 24.7. The second-order valence-corrected chi connectivity index (χ2v) is 12.7. The molecule has 44 heavy (non-hydrogen) atoms. The van der Waals surface area contributed by atoms with Crippen LogP contribution in [0.2, 0.25) is 0 Å². The van der Waals surface area contributed by atoms with Crippen LogP contribution < -0.4 is 4.72 Å². The van der Waals surface area contributed by atoms with Crippen molar-refractivity contribution in [1.82, 2.24) is 14.0 Å². The second-order valence-electron chi connectivity index (χ2n) is 11.0. The van der Waals surface area contributed by atoms with E-state index in [1.54, 1.807) is 6.20 Å². The van der Waals surface area contributed by atoms with E-state index in [0.717, 1.165) is 49.7 Å². The molecule has 2 heterocycles. The smallest absolute Gasteiger partial charge is 0.449 e. The van der Waals surface area contributed by atoms with E-state index < -0.39 is 17.4 Å². The van der Waals surface area contributed by atoms with Gasteiger partial charge in [0.25, 0.3) is 0 Å². The number of nitrogens with one attached hydrogen (secondary N) is 1. The molecule has 1 amide bonds. The molecule has 5 nitrogen and oxygen atoms in total. The molecule has 0 spiro atoms. The summed E-state index contributed by atoms with van der Waals surface area (Å²) in [5.41, 5.74) is 5.01. The number of hydrogen-bond donors (Lipinski definition) is 1. The summed E-state index contributed by atoms with van der Waals surface area (Å²) in [6, 6.07) is 26.3. The van der Waals surface area contributed by atoms with Crippen LogP contribution in [0.1, 0.15) is 42.1 Å². The Kier molecular flexibility index (Phi) is 9.43. The number of alkyl halides is 3. The lowest BCUT2D eigenvalue weighted by atomic mass is 9.82. The normalized spacial score (nSPS) is 12.2. The van der Waals surface area contributed by atoms with Crippen LogP contribution in [0.4, 0.5) is 13.2 Å². The maximum Gasteiger partial charge on any atom is 0.449 e. The highest BCUT2D eigenvalue weighted by Crippen LogP contribution is 2.36. The predicted octanol–water partition coefficient (Wildman–Crippen LogP) is 9.20. The van der Waals surface area contributed by atoms with Crippen molar-refractivity contribution in [2.75, 3.05) is 6.26 Å². The van der Waals surface area contributed by atoms with E-state index in [1.807, 2.05) is 104 Å². The number of aromatic nitrogens is 1. The average Bonchev–Trinajstić information content (AvgIpc) is 3.48. The minimum absolute atomic E-state index is 0.0642. The number of carbonyl (C=O) groups excluding carboxylic acids is 1. The van der Waals surface area contributed by atoms with Gasteiger partial charge in [-0.25, -0.2) is 4.31 Å². The van der Waals surface area contributed by atoms with E-state index in [9.17, 15) is 18.0 Å². The van der Waals surface area contributed by atoms with E-state index in [-0.39, 0.29) is 18.2 Å². The fourth-order valence-electron chi connectivity index (χ4n) is 4.82.